The molecule has 0 saturated carbocycles. The van der Waals surface area contributed by atoms with E-state index in [1.807, 2.05) is 48.5 Å². The van der Waals surface area contributed by atoms with Crippen LogP contribution in [0.1, 0.15) is 11.5 Å². The molecule has 0 spiro atoms. The highest BCUT2D eigenvalue weighted by Gasteiger charge is 2.16. The van der Waals surface area contributed by atoms with Crippen molar-refractivity contribution in [1.29, 1.82) is 0 Å². The first-order valence-corrected chi connectivity index (χ1v) is 8.89. The molecule has 0 unspecified atom stereocenters. The van der Waals surface area contributed by atoms with Crippen LogP contribution in [0.4, 0.5) is 0 Å². The van der Waals surface area contributed by atoms with Gasteiger partial charge in [0.2, 0.25) is 24.4 Å². The molecule has 0 bridgehead atoms. The van der Waals surface area contributed by atoms with Gasteiger partial charge in [0.05, 0.1) is 6.61 Å². The summed E-state index contributed by atoms with van der Waals surface area (Å²) >= 11 is 0. The number of ether oxygens (including phenoxy) is 3. The molecular weight excluding hydrogens is 362 g/mol. The van der Waals surface area contributed by atoms with Gasteiger partial charge in [0.25, 0.3) is 0 Å². The zero-order valence-electron chi connectivity index (χ0n) is 15.1. The first kappa shape index (κ1) is 18.0. The Morgan fingerprint density at radius 2 is 1.96 bits per heavy atom. The van der Waals surface area contributed by atoms with E-state index in [1.54, 1.807) is 0 Å². The van der Waals surface area contributed by atoms with Gasteiger partial charge in [-0.3, -0.25) is 4.79 Å². The van der Waals surface area contributed by atoms with Gasteiger partial charge in [-0.05, 0) is 23.8 Å². The maximum absolute atomic E-state index is 11.8. The van der Waals surface area contributed by atoms with Crippen molar-refractivity contribution in [3.05, 3.63) is 60.0 Å². The number of carbonyl (C=O) groups is 1. The van der Waals surface area contributed by atoms with Crippen LogP contribution in [-0.4, -0.2) is 36.0 Å². The number of amides is 1. The highest BCUT2D eigenvalue weighted by Crippen LogP contribution is 2.35. The minimum Gasteiger partial charge on any atom is -0.454 e. The fraction of sp³-hybridized carbons (Fsp3) is 0.250. The number of aromatic nitrogens is 2. The minimum atomic E-state index is -0.188. The Kier molecular flexibility index (Phi) is 5.48. The molecule has 1 aromatic heterocycles. The lowest BCUT2D eigenvalue weighted by molar-refractivity contribution is -0.126. The third-order valence-electron chi connectivity index (χ3n) is 4.10. The molecule has 0 radical (unpaired) electrons. The molecule has 8 nitrogen and oxygen atoms in total. The minimum absolute atomic E-state index is 0.00116. The van der Waals surface area contributed by atoms with Crippen molar-refractivity contribution in [2.24, 2.45) is 0 Å². The third kappa shape index (κ3) is 4.47. The molecule has 0 saturated heterocycles. The lowest BCUT2D eigenvalue weighted by Gasteiger charge is -2.05. The average molecular weight is 381 g/mol. The van der Waals surface area contributed by atoms with Crippen LogP contribution >= 0.6 is 0 Å². The molecule has 2 aromatic carbocycles. The Bertz CT molecular complexity index is 942. The topological polar surface area (TPSA) is 95.7 Å². The van der Waals surface area contributed by atoms with E-state index in [0.29, 0.717) is 42.8 Å². The summed E-state index contributed by atoms with van der Waals surface area (Å²) in [6.45, 7) is 0.999. The van der Waals surface area contributed by atoms with Gasteiger partial charge in [-0.2, -0.15) is 4.98 Å². The van der Waals surface area contributed by atoms with Crippen LogP contribution < -0.4 is 14.8 Å². The smallest absolute Gasteiger partial charge is 0.246 e. The van der Waals surface area contributed by atoms with E-state index in [9.17, 15) is 4.79 Å². The van der Waals surface area contributed by atoms with Gasteiger partial charge < -0.3 is 24.1 Å². The second-order valence-electron chi connectivity index (χ2n) is 6.16. The molecule has 1 N–H and O–H groups in total. The predicted molar refractivity (Wildman–Crippen MR) is 98.7 cm³/mol. The van der Waals surface area contributed by atoms with E-state index in [-0.39, 0.29) is 19.3 Å². The Morgan fingerprint density at radius 3 is 2.86 bits per heavy atom. The number of hydrogen-bond donors (Lipinski definition) is 1. The molecule has 2 heterocycles. The summed E-state index contributed by atoms with van der Waals surface area (Å²) in [4.78, 5) is 16.2. The SMILES string of the molecule is O=C(COCc1ccccc1)NCCc1nc(-c2ccc3c(c2)OCO3)no1. The van der Waals surface area contributed by atoms with Gasteiger partial charge in [0.1, 0.15) is 6.61 Å². The third-order valence-corrected chi connectivity index (χ3v) is 4.10. The standard InChI is InChI=1S/C20H19N3O5/c24-18(12-25-11-14-4-2-1-3-5-14)21-9-8-19-22-20(23-28-19)15-6-7-16-17(10-15)27-13-26-16/h1-7,10H,8-9,11-13H2,(H,21,24). The Labute approximate surface area is 161 Å². The summed E-state index contributed by atoms with van der Waals surface area (Å²) in [6.07, 6.45) is 0.433. The van der Waals surface area contributed by atoms with E-state index >= 15 is 0 Å². The van der Waals surface area contributed by atoms with Crippen LogP contribution in [0, 0.1) is 0 Å². The monoisotopic (exact) mass is 381 g/mol. The molecule has 28 heavy (non-hydrogen) atoms. The van der Waals surface area contributed by atoms with Gasteiger partial charge in [0.15, 0.2) is 11.5 Å². The van der Waals surface area contributed by atoms with Crippen molar-refractivity contribution < 1.29 is 23.5 Å². The predicted octanol–water partition coefficient (Wildman–Crippen LogP) is 2.34. The van der Waals surface area contributed by atoms with Gasteiger partial charge in [-0.15, -0.1) is 0 Å². The molecule has 1 aliphatic rings. The lowest BCUT2D eigenvalue weighted by Crippen LogP contribution is -2.29. The fourth-order valence-corrected chi connectivity index (χ4v) is 2.70. The molecule has 8 heteroatoms. The van der Waals surface area contributed by atoms with E-state index in [1.165, 1.54) is 0 Å². The molecule has 1 aliphatic heterocycles. The van der Waals surface area contributed by atoms with Crippen molar-refractivity contribution >= 4 is 5.91 Å². The van der Waals surface area contributed by atoms with Gasteiger partial charge in [0, 0.05) is 18.5 Å². The van der Waals surface area contributed by atoms with Crippen molar-refractivity contribution in [2.45, 2.75) is 13.0 Å². The number of benzene rings is 2. The Balaban J connectivity index is 1.21. The van der Waals surface area contributed by atoms with Crippen molar-refractivity contribution in [3.63, 3.8) is 0 Å². The maximum Gasteiger partial charge on any atom is 0.246 e. The Hall–Kier alpha value is -3.39. The molecular formula is C20H19N3O5. The summed E-state index contributed by atoms with van der Waals surface area (Å²) in [5, 5.41) is 6.75. The van der Waals surface area contributed by atoms with Crippen LogP contribution in [0.5, 0.6) is 11.5 Å². The molecule has 0 fully saturated rings. The maximum atomic E-state index is 11.8. The van der Waals surface area contributed by atoms with Crippen LogP contribution in [-0.2, 0) is 22.6 Å². The van der Waals surface area contributed by atoms with Crippen LogP contribution in [0.3, 0.4) is 0 Å². The van der Waals surface area contributed by atoms with Crippen LogP contribution in [0.2, 0.25) is 0 Å². The van der Waals surface area contributed by atoms with Crippen LogP contribution in [0.15, 0.2) is 53.1 Å². The summed E-state index contributed by atoms with van der Waals surface area (Å²) in [5.74, 6) is 2.08. The van der Waals surface area contributed by atoms with E-state index in [2.05, 4.69) is 15.5 Å². The zero-order chi connectivity index (χ0) is 19.2. The first-order chi connectivity index (χ1) is 13.8. The van der Waals surface area contributed by atoms with Crippen molar-refractivity contribution in [2.75, 3.05) is 19.9 Å². The number of nitrogens with one attached hydrogen (secondary N) is 1. The van der Waals surface area contributed by atoms with Crippen LogP contribution in [0.25, 0.3) is 11.4 Å². The fourth-order valence-electron chi connectivity index (χ4n) is 2.70. The van der Waals surface area contributed by atoms with Crippen molar-refractivity contribution in [3.8, 4) is 22.9 Å². The normalized spacial score (nSPS) is 12.1. The zero-order valence-corrected chi connectivity index (χ0v) is 15.1. The van der Waals surface area contributed by atoms with E-state index in [0.717, 1.165) is 11.1 Å². The Morgan fingerprint density at radius 1 is 1.11 bits per heavy atom. The highest BCUT2D eigenvalue weighted by atomic mass is 16.7. The number of rotatable bonds is 8. The molecule has 4 rings (SSSR count). The molecule has 0 atom stereocenters. The van der Waals surface area contributed by atoms with Crippen molar-refractivity contribution in [1.82, 2.24) is 15.5 Å². The average Bonchev–Trinajstić information content (AvgIpc) is 3.37. The number of nitrogens with zero attached hydrogens (tertiary/aromatic N) is 2. The second kappa shape index (κ2) is 8.53. The summed E-state index contributed by atoms with van der Waals surface area (Å²) in [6, 6.07) is 15.2. The number of carbonyl (C=O) groups excluding carboxylic acids is 1. The molecule has 144 valence electrons. The van der Waals surface area contributed by atoms with E-state index in [4.69, 9.17) is 18.7 Å². The highest BCUT2D eigenvalue weighted by molar-refractivity contribution is 5.77. The summed E-state index contributed by atoms with van der Waals surface area (Å²) < 4.78 is 21.3. The lowest BCUT2D eigenvalue weighted by atomic mass is 10.2. The van der Waals surface area contributed by atoms with Gasteiger partial charge in [-0.25, -0.2) is 0 Å². The van der Waals surface area contributed by atoms with E-state index < -0.39 is 0 Å². The molecule has 3 aromatic rings. The summed E-state index contributed by atoms with van der Waals surface area (Å²) in [5.41, 5.74) is 1.80. The van der Waals surface area contributed by atoms with Gasteiger partial charge >= 0.3 is 0 Å². The molecule has 0 aliphatic carbocycles. The largest absolute Gasteiger partial charge is 0.454 e. The molecule has 1 amide bonds. The number of fused-ring (bicyclic) bond motifs is 1. The quantitative estimate of drug-likeness (QED) is 0.640. The first-order valence-electron chi connectivity index (χ1n) is 8.89. The summed E-state index contributed by atoms with van der Waals surface area (Å²) in [7, 11) is 0. The van der Waals surface area contributed by atoms with Gasteiger partial charge in [-0.1, -0.05) is 35.5 Å². The number of hydrogen-bond acceptors (Lipinski definition) is 7. The second-order valence-corrected chi connectivity index (χ2v) is 6.16.